The van der Waals surface area contributed by atoms with Gasteiger partial charge in [0.05, 0.1) is 18.6 Å². The SMILES string of the molecule is O=S(=O)(Nc1ccccc1)N1CCCn2cncc2C1. The molecule has 0 aliphatic carbocycles. The zero-order chi connectivity index (χ0) is 14.0. The first-order valence-electron chi connectivity index (χ1n) is 6.47. The second kappa shape index (κ2) is 5.26. The van der Waals surface area contributed by atoms with Crippen LogP contribution in [0.15, 0.2) is 42.9 Å². The molecular formula is C13H16N4O2S. The number of imidazole rings is 1. The zero-order valence-electron chi connectivity index (χ0n) is 10.9. The van der Waals surface area contributed by atoms with Gasteiger partial charge >= 0.3 is 10.2 Å². The molecule has 6 nitrogen and oxygen atoms in total. The molecule has 1 N–H and O–H groups in total. The van der Waals surface area contributed by atoms with Crippen molar-refractivity contribution in [3.05, 3.63) is 48.5 Å². The van der Waals surface area contributed by atoms with E-state index in [-0.39, 0.29) is 0 Å². The second-order valence-electron chi connectivity index (χ2n) is 4.74. The monoisotopic (exact) mass is 292 g/mol. The average Bonchev–Trinajstić information content (AvgIpc) is 2.76. The Hall–Kier alpha value is -1.86. The Balaban J connectivity index is 1.81. The number of aromatic nitrogens is 2. The van der Waals surface area contributed by atoms with Gasteiger partial charge in [-0.3, -0.25) is 4.72 Å². The van der Waals surface area contributed by atoms with Crippen LogP contribution in [0.25, 0.3) is 0 Å². The quantitative estimate of drug-likeness (QED) is 0.931. The zero-order valence-corrected chi connectivity index (χ0v) is 11.8. The van der Waals surface area contributed by atoms with Crippen LogP contribution in [-0.4, -0.2) is 28.8 Å². The van der Waals surface area contributed by atoms with Crippen LogP contribution in [0.5, 0.6) is 0 Å². The Labute approximate surface area is 118 Å². The van der Waals surface area contributed by atoms with Gasteiger partial charge in [0.25, 0.3) is 0 Å². The molecule has 0 spiro atoms. The van der Waals surface area contributed by atoms with Crippen molar-refractivity contribution < 1.29 is 8.42 Å². The van der Waals surface area contributed by atoms with Gasteiger partial charge < -0.3 is 4.57 Å². The highest BCUT2D eigenvalue weighted by Gasteiger charge is 2.25. The molecule has 0 saturated carbocycles. The molecule has 1 aliphatic heterocycles. The van der Waals surface area contributed by atoms with Gasteiger partial charge in [0, 0.05) is 25.0 Å². The molecule has 0 bridgehead atoms. The fourth-order valence-corrected chi connectivity index (χ4v) is 3.52. The van der Waals surface area contributed by atoms with Gasteiger partial charge in [-0.1, -0.05) is 18.2 Å². The maximum absolute atomic E-state index is 12.4. The molecule has 7 heteroatoms. The van der Waals surface area contributed by atoms with E-state index in [0.717, 1.165) is 18.7 Å². The fourth-order valence-electron chi connectivity index (χ4n) is 2.28. The van der Waals surface area contributed by atoms with E-state index in [9.17, 15) is 8.42 Å². The number of hydrogen-bond donors (Lipinski definition) is 1. The third-order valence-electron chi connectivity index (χ3n) is 3.30. The number of rotatable bonds is 3. The van der Waals surface area contributed by atoms with Crippen molar-refractivity contribution in [2.24, 2.45) is 0 Å². The lowest BCUT2D eigenvalue weighted by Gasteiger charge is -2.20. The molecule has 106 valence electrons. The third-order valence-corrected chi connectivity index (χ3v) is 4.79. The highest BCUT2D eigenvalue weighted by Crippen LogP contribution is 2.17. The van der Waals surface area contributed by atoms with E-state index in [2.05, 4.69) is 9.71 Å². The van der Waals surface area contributed by atoms with Crippen LogP contribution < -0.4 is 4.72 Å². The molecular weight excluding hydrogens is 276 g/mol. The predicted molar refractivity (Wildman–Crippen MR) is 76.2 cm³/mol. The smallest absolute Gasteiger partial charge is 0.301 e. The van der Waals surface area contributed by atoms with E-state index >= 15 is 0 Å². The normalized spacial score (nSPS) is 16.4. The molecule has 0 unspecified atom stereocenters. The summed E-state index contributed by atoms with van der Waals surface area (Å²) in [5.41, 5.74) is 1.49. The van der Waals surface area contributed by atoms with Crippen LogP contribution >= 0.6 is 0 Å². The number of aryl methyl sites for hydroxylation is 1. The molecule has 2 heterocycles. The van der Waals surface area contributed by atoms with Gasteiger partial charge in [-0.05, 0) is 18.6 Å². The molecule has 1 aromatic carbocycles. The van der Waals surface area contributed by atoms with Crippen molar-refractivity contribution in [3.63, 3.8) is 0 Å². The van der Waals surface area contributed by atoms with Gasteiger partial charge in [-0.25, -0.2) is 4.98 Å². The molecule has 1 aromatic heterocycles. The minimum absolute atomic E-state index is 0.349. The van der Waals surface area contributed by atoms with Gasteiger partial charge in [0.2, 0.25) is 0 Å². The molecule has 0 amide bonds. The predicted octanol–water partition coefficient (Wildman–Crippen LogP) is 1.45. The molecule has 2 aromatic rings. The highest BCUT2D eigenvalue weighted by atomic mass is 32.2. The average molecular weight is 292 g/mol. The van der Waals surface area contributed by atoms with Crippen molar-refractivity contribution in [2.45, 2.75) is 19.5 Å². The Morgan fingerprint density at radius 3 is 2.75 bits per heavy atom. The Morgan fingerprint density at radius 2 is 1.95 bits per heavy atom. The lowest BCUT2D eigenvalue weighted by molar-refractivity contribution is 0.413. The van der Waals surface area contributed by atoms with Crippen LogP contribution in [-0.2, 0) is 23.3 Å². The lowest BCUT2D eigenvalue weighted by Crippen LogP contribution is -2.35. The number of fused-ring (bicyclic) bond motifs is 1. The number of benzene rings is 1. The van der Waals surface area contributed by atoms with E-state index in [4.69, 9.17) is 0 Å². The van der Waals surface area contributed by atoms with Crippen molar-refractivity contribution in [1.29, 1.82) is 0 Å². The Bertz CT molecular complexity index is 681. The molecule has 0 atom stereocenters. The summed E-state index contributed by atoms with van der Waals surface area (Å²) < 4.78 is 30.9. The second-order valence-corrected chi connectivity index (χ2v) is 6.41. The van der Waals surface area contributed by atoms with Crippen LogP contribution in [0.1, 0.15) is 12.1 Å². The highest BCUT2D eigenvalue weighted by molar-refractivity contribution is 7.90. The topological polar surface area (TPSA) is 67.2 Å². The number of nitrogens with one attached hydrogen (secondary N) is 1. The summed E-state index contributed by atoms with van der Waals surface area (Å²) in [6.45, 7) is 1.65. The first kappa shape index (κ1) is 13.1. The maximum Gasteiger partial charge on any atom is 0.301 e. The molecule has 3 rings (SSSR count). The molecule has 0 saturated heterocycles. The van der Waals surface area contributed by atoms with Gasteiger partial charge in [-0.15, -0.1) is 0 Å². The van der Waals surface area contributed by atoms with E-state index in [1.807, 2.05) is 10.6 Å². The third kappa shape index (κ3) is 2.68. The summed E-state index contributed by atoms with van der Waals surface area (Å²) in [6, 6.07) is 8.92. The fraction of sp³-hybridized carbons (Fsp3) is 0.308. The van der Waals surface area contributed by atoms with Crippen molar-refractivity contribution in [3.8, 4) is 0 Å². The molecule has 20 heavy (non-hydrogen) atoms. The van der Waals surface area contributed by atoms with E-state index in [1.165, 1.54) is 4.31 Å². The van der Waals surface area contributed by atoms with Crippen molar-refractivity contribution in [2.75, 3.05) is 11.3 Å². The van der Waals surface area contributed by atoms with Crippen LogP contribution in [0.3, 0.4) is 0 Å². The maximum atomic E-state index is 12.4. The molecule has 0 fully saturated rings. The molecule has 0 radical (unpaired) electrons. The molecule has 1 aliphatic rings. The minimum Gasteiger partial charge on any atom is -0.333 e. The number of nitrogens with zero attached hydrogens (tertiary/aromatic N) is 3. The van der Waals surface area contributed by atoms with Crippen LogP contribution in [0.4, 0.5) is 5.69 Å². The summed E-state index contributed by atoms with van der Waals surface area (Å²) in [7, 11) is -3.54. The van der Waals surface area contributed by atoms with Gasteiger partial charge in [0.15, 0.2) is 0 Å². The van der Waals surface area contributed by atoms with E-state index in [1.54, 1.807) is 36.8 Å². The Kier molecular flexibility index (Phi) is 3.45. The minimum atomic E-state index is -3.54. The summed E-state index contributed by atoms with van der Waals surface area (Å²) in [5.74, 6) is 0. The number of anilines is 1. The summed E-state index contributed by atoms with van der Waals surface area (Å²) in [6.07, 6.45) is 4.24. The first-order valence-corrected chi connectivity index (χ1v) is 7.91. The van der Waals surface area contributed by atoms with E-state index in [0.29, 0.717) is 18.8 Å². The van der Waals surface area contributed by atoms with Crippen molar-refractivity contribution in [1.82, 2.24) is 13.9 Å². The lowest BCUT2D eigenvalue weighted by atomic mass is 10.3. The van der Waals surface area contributed by atoms with E-state index < -0.39 is 10.2 Å². The van der Waals surface area contributed by atoms with Crippen molar-refractivity contribution >= 4 is 15.9 Å². The largest absolute Gasteiger partial charge is 0.333 e. The standard InChI is InChI=1S/C13H16N4O2S/c18-20(19,15-12-5-2-1-3-6-12)17-8-4-7-16-11-14-9-13(16)10-17/h1-3,5-6,9,11,15H,4,7-8,10H2. The van der Waals surface area contributed by atoms with Crippen LogP contribution in [0, 0.1) is 0 Å². The van der Waals surface area contributed by atoms with Gasteiger partial charge in [0.1, 0.15) is 0 Å². The number of hydrogen-bond acceptors (Lipinski definition) is 3. The summed E-state index contributed by atoms with van der Waals surface area (Å²) >= 11 is 0. The summed E-state index contributed by atoms with van der Waals surface area (Å²) in [4.78, 5) is 4.07. The first-order chi connectivity index (χ1) is 9.65. The van der Waals surface area contributed by atoms with Crippen LogP contribution in [0.2, 0.25) is 0 Å². The Morgan fingerprint density at radius 1 is 1.15 bits per heavy atom. The number of para-hydroxylation sites is 1. The summed E-state index contributed by atoms with van der Waals surface area (Å²) in [5, 5.41) is 0. The van der Waals surface area contributed by atoms with Gasteiger partial charge in [-0.2, -0.15) is 12.7 Å².